The molecule has 2 N–H and O–H groups in total. The van der Waals surface area contributed by atoms with Crippen molar-refractivity contribution in [3.05, 3.63) is 100 Å². The van der Waals surface area contributed by atoms with Crippen LogP contribution in [0.4, 0.5) is 13.2 Å². The molecule has 0 fully saturated rings. The lowest BCUT2D eigenvalue weighted by Gasteiger charge is -2.12. The van der Waals surface area contributed by atoms with Crippen molar-refractivity contribution < 1.29 is 18.0 Å². The van der Waals surface area contributed by atoms with Gasteiger partial charge in [-0.3, -0.25) is 9.78 Å². The summed E-state index contributed by atoms with van der Waals surface area (Å²) in [5, 5.41) is 1.77. The van der Waals surface area contributed by atoms with Crippen molar-refractivity contribution in [1.82, 2.24) is 9.55 Å². The number of carbonyl (C=O) groups is 1. The Bertz CT molecular complexity index is 1560. The Morgan fingerprint density at radius 2 is 1.76 bits per heavy atom. The number of primary amides is 1. The van der Waals surface area contributed by atoms with Gasteiger partial charge in [0.25, 0.3) is 5.91 Å². The van der Waals surface area contributed by atoms with Crippen molar-refractivity contribution in [3.63, 3.8) is 0 Å². The average Bonchev–Trinajstić information content (AvgIpc) is 3.12. The molecule has 0 aliphatic rings. The van der Waals surface area contributed by atoms with Crippen LogP contribution in [-0.4, -0.2) is 15.5 Å². The lowest BCUT2D eigenvalue weighted by molar-refractivity contribution is -0.137. The Morgan fingerprint density at radius 1 is 1.00 bits per heavy atom. The largest absolute Gasteiger partial charge is 0.416 e. The smallest absolute Gasteiger partial charge is 0.364 e. The number of amides is 1. The first-order chi connectivity index (χ1) is 16.2. The number of nitrogens with two attached hydrogens (primary N) is 1. The van der Waals surface area contributed by atoms with Gasteiger partial charge in [-0.05, 0) is 47.5 Å². The van der Waals surface area contributed by atoms with Gasteiger partial charge in [0.1, 0.15) is 5.69 Å². The maximum absolute atomic E-state index is 13.0. The molecule has 0 aliphatic carbocycles. The molecule has 8 heteroatoms. The van der Waals surface area contributed by atoms with Gasteiger partial charge in [0, 0.05) is 33.6 Å². The van der Waals surface area contributed by atoms with Crippen LogP contribution in [0, 0.1) is 0 Å². The fraction of sp³-hybridized carbons (Fsp3) is 0.0769. The zero-order valence-corrected chi connectivity index (χ0v) is 19.2. The average molecular weight is 524 g/mol. The summed E-state index contributed by atoms with van der Waals surface area (Å²) in [6.45, 7) is 0.176. The van der Waals surface area contributed by atoms with Crippen molar-refractivity contribution in [2.75, 3.05) is 0 Å². The Hall–Kier alpha value is -3.65. The van der Waals surface area contributed by atoms with E-state index in [1.54, 1.807) is 10.8 Å². The normalized spacial score (nSPS) is 11.9. The van der Waals surface area contributed by atoms with Gasteiger partial charge in [-0.2, -0.15) is 13.2 Å². The molecule has 5 rings (SSSR count). The number of rotatable bonds is 4. The van der Waals surface area contributed by atoms with Gasteiger partial charge < -0.3 is 10.3 Å². The summed E-state index contributed by atoms with van der Waals surface area (Å²) in [7, 11) is 0. The van der Waals surface area contributed by atoms with Gasteiger partial charge in [0.05, 0.1) is 16.6 Å². The quantitative estimate of drug-likeness (QED) is 0.282. The number of alkyl halides is 3. The fourth-order valence-corrected chi connectivity index (χ4v) is 4.59. The summed E-state index contributed by atoms with van der Waals surface area (Å²) in [5.41, 5.74) is 8.98. The van der Waals surface area contributed by atoms with Crippen molar-refractivity contribution in [2.45, 2.75) is 12.7 Å². The summed E-state index contributed by atoms with van der Waals surface area (Å²) >= 11 is 3.48. The number of nitrogens with zero attached hydrogens (tertiary/aromatic N) is 2. The molecule has 0 atom stereocenters. The van der Waals surface area contributed by atoms with E-state index in [0.29, 0.717) is 11.1 Å². The molecule has 0 bridgehead atoms. The van der Waals surface area contributed by atoms with E-state index < -0.39 is 17.6 Å². The first-order valence-electron chi connectivity index (χ1n) is 10.4. The highest BCUT2D eigenvalue weighted by Crippen LogP contribution is 2.38. The third-order valence-electron chi connectivity index (χ3n) is 5.78. The minimum Gasteiger partial charge on any atom is -0.364 e. The van der Waals surface area contributed by atoms with Crippen LogP contribution in [0.3, 0.4) is 0 Å². The Labute approximate surface area is 201 Å². The van der Waals surface area contributed by atoms with E-state index in [4.69, 9.17) is 5.73 Å². The minimum absolute atomic E-state index is 0.176. The molecule has 0 aliphatic heterocycles. The standard InChI is InChI=1S/C26H17BrF3N3O/c27-19-9-10-20-22(13-19)33(14-15-3-7-18(8-4-15)26(28,29)30)24(25(31)34)23(20)17-6-5-16-2-1-11-32-21(16)12-17/h1-13H,14H2,(H2,31,34). The lowest BCUT2D eigenvalue weighted by atomic mass is 10.00. The van der Waals surface area contributed by atoms with Crippen LogP contribution in [0.5, 0.6) is 0 Å². The monoisotopic (exact) mass is 523 g/mol. The number of benzene rings is 3. The molecular formula is C26H17BrF3N3O. The molecule has 170 valence electrons. The SMILES string of the molecule is NC(=O)c1c(-c2ccc3cccnc3c2)c2ccc(Br)cc2n1Cc1ccc(C(F)(F)F)cc1. The van der Waals surface area contributed by atoms with Crippen LogP contribution in [0.1, 0.15) is 21.6 Å². The number of hydrogen-bond donors (Lipinski definition) is 1. The summed E-state index contributed by atoms with van der Waals surface area (Å²) in [6, 6.07) is 20.1. The summed E-state index contributed by atoms with van der Waals surface area (Å²) in [5.74, 6) is -0.629. The number of pyridine rings is 1. The Morgan fingerprint density at radius 3 is 2.47 bits per heavy atom. The molecule has 0 unspecified atom stereocenters. The molecule has 3 aromatic carbocycles. The maximum atomic E-state index is 13.0. The highest BCUT2D eigenvalue weighted by molar-refractivity contribution is 9.10. The van der Waals surface area contributed by atoms with E-state index in [2.05, 4.69) is 20.9 Å². The van der Waals surface area contributed by atoms with E-state index in [0.717, 1.165) is 44.0 Å². The molecule has 1 amide bonds. The summed E-state index contributed by atoms with van der Waals surface area (Å²) in [4.78, 5) is 17.2. The molecule has 0 saturated carbocycles. The predicted octanol–water partition coefficient (Wildman–Crippen LogP) is 6.79. The molecule has 0 saturated heterocycles. The van der Waals surface area contributed by atoms with Gasteiger partial charge in [0.15, 0.2) is 0 Å². The van der Waals surface area contributed by atoms with Gasteiger partial charge in [0.2, 0.25) is 0 Å². The molecular weight excluding hydrogens is 507 g/mol. The van der Waals surface area contributed by atoms with Crippen molar-refractivity contribution >= 4 is 43.6 Å². The van der Waals surface area contributed by atoms with Crippen LogP contribution in [-0.2, 0) is 12.7 Å². The van der Waals surface area contributed by atoms with Crippen LogP contribution in [0.25, 0.3) is 32.9 Å². The second-order valence-corrected chi connectivity index (χ2v) is 8.86. The number of aromatic nitrogens is 2. The predicted molar refractivity (Wildman–Crippen MR) is 129 cm³/mol. The number of hydrogen-bond acceptors (Lipinski definition) is 2. The molecule has 2 aromatic heterocycles. The minimum atomic E-state index is -4.42. The van der Waals surface area contributed by atoms with Crippen LogP contribution >= 0.6 is 15.9 Å². The molecule has 34 heavy (non-hydrogen) atoms. The molecule has 2 heterocycles. The van der Waals surface area contributed by atoms with E-state index >= 15 is 0 Å². The Balaban J connectivity index is 1.72. The number of halogens is 4. The maximum Gasteiger partial charge on any atom is 0.416 e. The topological polar surface area (TPSA) is 60.9 Å². The lowest BCUT2D eigenvalue weighted by Crippen LogP contribution is -2.18. The first-order valence-corrected chi connectivity index (χ1v) is 11.1. The molecule has 4 nitrogen and oxygen atoms in total. The zero-order valence-electron chi connectivity index (χ0n) is 17.6. The molecule has 5 aromatic rings. The third-order valence-corrected chi connectivity index (χ3v) is 6.27. The van der Waals surface area contributed by atoms with Gasteiger partial charge in [-0.1, -0.05) is 52.3 Å². The van der Waals surface area contributed by atoms with E-state index in [1.165, 1.54) is 12.1 Å². The first kappa shape index (κ1) is 22.2. The van der Waals surface area contributed by atoms with E-state index in [-0.39, 0.29) is 12.2 Å². The number of fused-ring (bicyclic) bond motifs is 2. The van der Waals surface area contributed by atoms with E-state index in [1.807, 2.05) is 48.5 Å². The second kappa shape index (κ2) is 8.29. The van der Waals surface area contributed by atoms with E-state index in [9.17, 15) is 18.0 Å². The van der Waals surface area contributed by atoms with Gasteiger partial charge >= 0.3 is 6.18 Å². The number of carbonyl (C=O) groups excluding carboxylic acids is 1. The zero-order chi connectivity index (χ0) is 24.0. The van der Waals surface area contributed by atoms with Crippen molar-refractivity contribution in [3.8, 4) is 11.1 Å². The third kappa shape index (κ3) is 3.94. The van der Waals surface area contributed by atoms with Crippen molar-refractivity contribution in [2.24, 2.45) is 5.73 Å². The molecule has 0 radical (unpaired) electrons. The molecule has 0 spiro atoms. The fourth-order valence-electron chi connectivity index (χ4n) is 4.24. The van der Waals surface area contributed by atoms with Crippen LogP contribution in [0.2, 0.25) is 0 Å². The van der Waals surface area contributed by atoms with Gasteiger partial charge in [-0.15, -0.1) is 0 Å². The summed E-state index contributed by atoms with van der Waals surface area (Å²) in [6.07, 6.45) is -2.72. The van der Waals surface area contributed by atoms with Crippen molar-refractivity contribution in [1.29, 1.82) is 0 Å². The summed E-state index contributed by atoms with van der Waals surface area (Å²) < 4.78 is 41.5. The second-order valence-electron chi connectivity index (χ2n) is 7.94. The highest BCUT2D eigenvalue weighted by atomic mass is 79.9. The van der Waals surface area contributed by atoms with Crippen LogP contribution in [0.15, 0.2) is 83.5 Å². The van der Waals surface area contributed by atoms with Crippen LogP contribution < -0.4 is 5.73 Å². The van der Waals surface area contributed by atoms with Gasteiger partial charge in [-0.25, -0.2) is 0 Å². The highest BCUT2D eigenvalue weighted by Gasteiger charge is 2.30. The Kier molecular flexibility index (Phi) is 5.40.